The van der Waals surface area contributed by atoms with Gasteiger partial charge in [-0.05, 0) is 38.5 Å². The minimum Gasteiger partial charge on any atom is -0.302 e. The first-order valence-corrected chi connectivity index (χ1v) is 10.6. The summed E-state index contributed by atoms with van der Waals surface area (Å²) in [6, 6.07) is 14.0. The molecule has 3 rings (SSSR count). The maximum atomic E-state index is 12.2. The van der Waals surface area contributed by atoms with Gasteiger partial charge >= 0.3 is 0 Å². The molecule has 1 amide bonds. The van der Waals surface area contributed by atoms with E-state index in [4.69, 9.17) is 0 Å². The summed E-state index contributed by atoms with van der Waals surface area (Å²) >= 11 is 1.28. The van der Waals surface area contributed by atoms with E-state index in [1.54, 1.807) is 19.1 Å². The van der Waals surface area contributed by atoms with Gasteiger partial charge in [0.25, 0.3) is 11.6 Å². The second-order valence-corrected chi connectivity index (χ2v) is 7.68. The van der Waals surface area contributed by atoms with Crippen molar-refractivity contribution in [3.63, 3.8) is 0 Å². The van der Waals surface area contributed by atoms with Crippen LogP contribution in [0, 0.1) is 17.0 Å². The van der Waals surface area contributed by atoms with Crippen LogP contribution in [0.4, 0.5) is 5.69 Å². The first-order valence-electron chi connectivity index (χ1n) is 9.60. The van der Waals surface area contributed by atoms with Crippen LogP contribution < -0.4 is 5.43 Å². The average Bonchev–Trinajstić information content (AvgIpc) is 3.19. The van der Waals surface area contributed by atoms with E-state index in [2.05, 4.69) is 20.7 Å². The molecule has 0 atom stereocenters. The predicted molar refractivity (Wildman–Crippen MR) is 120 cm³/mol. The highest BCUT2D eigenvalue weighted by atomic mass is 32.2. The summed E-state index contributed by atoms with van der Waals surface area (Å²) in [7, 11) is 0. The molecule has 10 heteroatoms. The van der Waals surface area contributed by atoms with E-state index in [-0.39, 0.29) is 17.3 Å². The van der Waals surface area contributed by atoms with Crippen molar-refractivity contribution in [1.29, 1.82) is 0 Å². The van der Waals surface area contributed by atoms with Gasteiger partial charge in [0, 0.05) is 24.2 Å². The lowest BCUT2D eigenvalue weighted by atomic mass is 10.1. The number of aryl methyl sites for hydroxylation is 1. The molecule has 0 unspecified atom stereocenters. The number of carbonyl (C=O) groups is 1. The summed E-state index contributed by atoms with van der Waals surface area (Å²) < 4.78 is 1.97. The van der Waals surface area contributed by atoms with E-state index >= 15 is 0 Å². The molecule has 3 aromatic rings. The molecule has 0 aliphatic rings. The van der Waals surface area contributed by atoms with Crippen molar-refractivity contribution in [3.8, 4) is 11.4 Å². The topological polar surface area (TPSA) is 115 Å². The maximum absolute atomic E-state index is 12.2. The smallest absolute Gasteiger partial charge is 0.269 e. The van der Waals surface area contributed by atoms with Crippen LogP contribution in [0.15, 0.2) is 58.8 Å². The Hall–Kier alpha value is -3.53. The van der Waals surface area contributed by atoms with Gasteiger partial charge < -0.3 is 4.57 Å². The van der Waals surface area contributed by atoms with Crippen molar-refractivity contribution in [2.24, 2.45) is 5.10 Å². The van der Waals surface area contributed by atoms with Crippen LogP contribution in [-0.4, -0.2) is 37.1 Å². The lowest BCUT2D eigenvalue weighted by Crippen LogP contribution is -2.21. The number of nitrogens with zero attached hydrogens (tertiary/aromatic N) is 5. The predicted octanol–water partition coefficient (Wildman–Crippen LogP) is 3.81. The lowest BCUT2D eigenvalue weighted by molar-refractivity contribution is -0.384. The first-order chi connectivity index (χ1) is 14.9. The minimum absolute atomic E-state index is 0.00188. The fourth-order valence-electron chi connectivity index (χ4n) is 2.79. The quantitative estimate of drug-likeness (QED) is 0.247. The molecule has 2 aromatic carbocycles. The number of carbonyl (C=O) groups excluding carboxylic acids is 1. The van der Waals surface area contributed by atoms with E-state index < -0.39 is 4.92 Å². The van der Waals surface area contributed by atoms with Gasteiger partial charge in [0.1, 0.15) is 0 Å². The van der Waals surface area contributed by atoms with E-state index in [0.717, 1.165) is 11.4 Å². The number of hydrazone groups is 1. The van der Waals surface area contributed by atoms with Gasteiger partial charge in [-0.2, -0.15) is 5.10 Å². The van der Waals surface area contributed by atoms with Gasteiger partial charge in [0.2, 0.25) is 0 Å². The zero-order valence-corrected chi connectivity index (χ0v) is 18.2. The third-order valence-electron chi connectivity index (χ3n) is 4.52. The summed E-state index contributed by atoms with van der Waals surface area (Å²) in [6.07, 6.45) is 0. The molecule has 160 valence electrons. The molecule has 0 aliphatic heterocycles. The number of rotatable bonds is 8. The largest absolute Gasteiger partial charge is 0.302 e. The Morgan fingerprint density at radius 2 is 1.84 bits per heavy atom. The van der Waals surface area contributed by atoms with Crippen LogP contribution >= 0.6 is 11.8 Å². The Morgan fingerprint density at radius 1 is 1.16 bits per heavy atom. The number of amides is 1. The number of nitro groups is 1. The summed E-state index contributed by atoms with van der Waals surface area (Å²) in [4.78, 5) is 22.5. The molecular weight excluding hydrogens is 416 g/mol. The van der Waals surface area contributed by atoms with Gasteiger partial charge in [-0.1, -0.05) is 41.6 Å². The number of benzene rings is 2. The highest BCUT2D eigenvalue weighted by molar-refractivity contribution is 7.99. The van der Waals surface area contributed by atoms with Crippen molar-refractivity contribution >= 4 is 29.1 Å². The molecule has 0 bridgehead atoms. The molecule has 0 spiro atoms. The highest BCUT2D eigenvalue weighted by Gasteiger charge is 2.14. The number of hydrogen-bond acceptors (Lipinski definition) is 7. The Labute approximate surface area is 183 Å². The third kappa shape index (κ3) is 5.54. The van der Waals surface area contributed by atoms with Crippen molar-refractivity contribution in [3.05, 3.63) is 69.8 Å². The summed E-state index contributed by atoms with van der Waals surface area (Å²) in [6.45, 7) is 6.43. The Morgan fingerprint density at radius 3 is 2.45 bits per heavy atom. The van der Waals surface area contributed by atoms with Crippen LogP contribution in [0.25, 0.3) is 11.4 Å². The number of hydrogen-bond donors (Lipinski definition) is 1. The molecule has 0 fully saturated rings. The van der Waals surface area contributed by atoms with Gasteiger partial charge in [-0.25, -0.2) is 5.43 Å². The number of nitrogens with one attached hydrogen (secondary N) is 1. The first kappa shape index (κ1) is 22.2. The van der Waals surface area contributed by atoms with Crippen LogP contribution in [0.5, 0.6) is 0 Å². The highest BCUT2D eigenvalue weighted by Crippen LogP contribution is 2.24. The lowest BCUT2D eigenvalue weighted by Gasteiger charge is -2.07. The molecule has 0 saturated heterocycles. The Bertz CT molecular complexity index is 1110. The molecule has 0 saturated carbocycles. The Balaban J connectivity index is 1.61. The molecule has 1 N–H and O–H groups in total. The van der Waals surface area contributed by atoms with Crippen LogP contribution in [-0.2, 0) is 11.3 Å². The summed E-state index contributed by atoms with van der Waals surface area (Å²) in [5.74, 6) is 0.606. The molecule has 0 radical (unpaired) electrons. The monoisotopic (exact) mass is 438 g/mol. The zero-order valence-electron chi connectivity index (χ0n) is 17.4. The van der Waals surface area contributed by atoms with Crippen molar-refractivity contribution < 1.29 is 9.72 Å². The van der Waals surface area contributed by atoms with Crippen molar-refractivity contribution in [2.75, 3.05) is 5.75 Å². The van der Waals surface area contributed by atoms with Gasteiger partial charge in [-0.3, -0.25) is 14.9 Å². The molecule has 0 aliphatic carbocycles. The number of aromatic nitrogens is 3. The summed E-state index contributed by atoms with van der Waals surface area (Å²) in [5.41, 5.74) is 5.88. The van der Waals surface area contributed by atoms with E-state index in [1.165, 1.54) is 29.5 Å². The minimum atomic E-state index is -0.464. The normalized spacial score (nSPS) is 11.4. The van der Waals surface area contributed by atoms with Gasteiger partial charge in [0.05, 0.1) is 16.4 Å². The second kappa shape index (κ2) is 9.98. The van der Waals surface area contributed by atoms with E-state index in [9.17, 15) is 14.9 Å². The van der Waals surface area contributed by atoms with Crippen LogP contribution in [0.3, 0.4) is 0 Å². The fraction of sp³-hybridized carbons (Fsp3) is 0.238. The number of non-ortho nitro benzene ring substituents is 1. The van der Waals surface area contributed by atoms with Gasteiger partial charge in [0.15, 0.2) is 11.0 Å². The number of thioether (sulfide) groups is 1. The van der Waals surface area contributed by atoms with Crippen molar-refractivity contribution in [2.45, 2.75) is 32.5 Å². The SMILES string of the molecule is CCn1c(SCC(=O)N/N=C(/C)c2ccc([N+](=O)[O-])cc2)nnc1-c1ccc(C)cc1. The molecule has 31 heavy (non-hydrogen) atoms. The second-order valence-electron chi connectivity index (χ2n) is 6.74. The average molecular weight is 439 g/mol. The molecular formula is C21H22N6O3S. The zero-order chi connectivity index (χ0) is 22.4. The fourth-order valence-corrected chi connectivity index (χ4v) is 3.59. The standard InChI is InChI=1S/C21H22N6O3S/c1-4-26-20(17-7-5-14(2)6-8-17)24-25-21(26)31-13-19(28)23-22-15(3)16-9-11-18(12-10-16)27(29)30/h5-12H,4,13H2,1-3H3,(H,23,28)/b22-15-. The maximum Gasteiger partial charge on any atom is 0.269 e. The number of nitro benzene ring substituents is 1. The summed E-state index contributed by atoms with van der Waals surface area (Å²) in [5, 5.41) is 24.0. The van der Waals surface area contributed by atoms with Crippen molar-refractivity contribution in [1.82, 2.24) is 20.2 Å². The van der Waals surface area contributed by atoms with Crippen LogP contribution in [0.2, 0.25) is 0 Å². The van der Waals surface area contributed by atoms with Gasteiger partial charge in [-0.15, -0.1) is 10.2 Å². The molecule has 1 aromatic heterocycles. The van der Waals surface area contributed by atoms with E-state index in [0.29, 0.717) is 23.0 Å². The molecule has 1 heterocycles. The van der Waals surface area contributed by atoms with E-state index in [1.807, 2.05) is 42.7 Å². The Kier molecular flexibility index (Phi) is 7.14. The third-order valence-corrected chi connectivity index (χ3v) is 5.49. The van der Waals surface area contributed by atoms with Crippen LogP contribution in [0.1, 0.15) is 25.0 Å². The molecule has 9 nitrogen and oxygen atoms in total.